The second-order valence-corrected chi connectivity index (χ2v) is 10.7. The largest absolute Gasteiger partial charge is 0.487 e. The van der Waals surface area contributed by atoms with E-state index in [0.29, 0.717) is 47.7 Å². The highest BCUT2D eigenvalue weighted by Gasteiger charge is 2.27. The Balaban J connectivity index is 1.36. The van der Waals surface area contributed by atoms with Crippen molar-refractivity contribution in [2.75, 3.05) is 25.1 Å². The van der Waals surface area contributed by atoms with Crippen LogP contribution < -0.4 is 20.9 Å². The Kier molecular flexibility index (Phi) is 9.42. The third kappa shape index (κ3) is 8.69. The van der Waals surface area contributed by atoms with E-state index in [0.717, 1.165) is 12.8 Å². The molecule has 1 atom stereocenters. The molecular weight excluding hydrogens is 522 g/mol. The molecule has 1 unspecified atom stereocenters. The normalized spacial score (nSPS) is 14.9. The minimum absolute atomic E-state index is 0.150. The highest BCUT2D eigenvalue weighted by atomic mass is 35.5. The number of carbonyl (C=O) groups excluding carboxylic acids is 1. The molecule has 0 aromatic carbocycles. The first-order chi connectivity index (χ1) is 18.7. The molecule has 208 valence electrons. The molecule has 4 heterocycles. The number of hydrogen-bond acceptors (Lipinski definition) is 8. The summed E-state index contributed by atoms with van der Waals surface area (Å²) in [5.74, 6) is 1.33. The maximum absolute atomic E-state index is 12.7. The second-order valence-electron chi connectivity index (χ2n) is 10.3. The fraction of sp³-hybridized carbons (Fsp3) is 0.429. The van der Waals surface area contributed by atoms with Crippen molar-refractivity contribution in [3.63, 3.8) is 0 Å². The van der Waals surface area contributed by atoms with Crippen molar-refractivity contribution in [1.29, 1.82) is 0 Å². The first-order valence-corrected chi connectivity index (χ1v) is 13.3. The van der Waals surface area contributed by atoms with Gasteiger partial charge in [0.05, 0.1) is 28.6 Å². The third-order valence-corrected chi connectivity index (χ3v) is 6.36. The number of alkyl carbamates (subject to hydrolysis) is 1. The summed E-state index contributed by atoms with van der Waals surface area (Å²) in [6, 6.07) is 10.1. The van der Waals surface area contributed by atoms with Gasteiger partial charge in [0, 0.05) is 38.2 Å². The molecule has 1 saturated heterocycles. The monoisotopic (exact) mass is 555 g/mol. The van der Waals surface area contributed by atoms with Crippen LogP contribution in [0.4, 0.5) is 10.6 Å². The highest BCUT2D eigenvalue weighted by Crippen LogP contribution is 2.21. The minimum Gasteiger partial charge on any atom is -0.487 e. The summed E-state index contributed by atoms with van der Waals surface area (Å²) >= 11 is 5.86. The molecule has 11 heteroatoms. The number of hydrogen-bond donors (Lipinski definition) is 2. The zero-order chi connectivity index (χ0) is 27.8. The van der Waals surface area contributed by atoms with Crippen LogP contribution in [-0.2, 0) is 16.1 Å². The van der Waals surface area contributed by atoms with E-state index < -0.39 is 11.7 Å². The number of rotatable bonds is 9. The van der Waals surface area contributed by atoms with Crippen LogP contribution in [0.25, 0.3) is 5.69 Å². The van der Waals surface area contributed by atoms with Crippen LogP contribution in [0.15, 0.2) is 59.8 Å². The predicted octanol–water partition coefficient (Wildman–Crippen LogP) is 4.59. The number of ether oxygens (including phenoxy) is 3. The fourth-order valence-electron chi connectivity index (χ4n) is 4.17. The SMILES string of the molecule is CC(C)(C)OC(=O)NC(CNc1ccc(-n2ccc(OCc3ccc(Cl)cn3)cc2=O)cn1)C1CCOCC1. The smallest absolute Gasteiger partial charge is 0.407 e. The summed E-state index contributed by atoms with van der Waals surface area (Å²) < 4.78 is 18.1. The van der Waals surface area contributed by atoms with Crippen LogP contribution in [0.3, 0.4) is 0 Å². The van der Waals surface area contributed by atoms with Gasteiger partial charge in [-0.05, 0) is 69.9 Å². The summed E-state index contributed by atoms with van der Waals surface area (Å²) in [6.45, 7) is 7.55. The van der Waals surface area contributed by atoms with Gasteiger partial charge in [0.25, 0.3) is 5.56 Å². The van der Waals surface area contributed by atoms with Crippen molar-refractivity contribution >= 4 is 23.5 Å². The number of carbonyl (C=O) groups is 1. The molecule has 10 nitrogen and oxygen atoms in total. The van der Waals surface area contributed by atoms with Gasteiger partial charge in [-0.25, -0.2) is 9.78 Å². The van der Waals surface area contributed by atoms with Gasteiger partial charge < -0.3 is 24.8 Å². The lowest BCUT2D eigenvalue weighted by Crippen LogP contribution is -2.48. The zero-order valence-corrected chi connectivity index (χ0v) is 23.1. The van der Waals surface area contributed by atoms with Gasteiger partial charge in [-0.3, -0.25) is 14.3 Å². The number of amides is 1. The molecule has 3 aromatic rings. The van der Waals surface area contributed by atoms with Gasteiger partial charge in [-0.1, -0.05) is 11.6 Å². The van der Waals surface area contributed by atoms with E-state index in [4.69, 9.17) is 25.8 Å². The molecule has 3 aromatic heterocycles. The van der Waals surface area contributed by atoms with E-state index in [9.17, 15) is 9.59 Å². The van der Waals surface area contributed by atoms with E-state index in [1.165, 1.54) is 10.6 Å². The summed E-state index contributed by atoms with van der Waals surface area (Å²) in [4.78, 5) is 33.8. The van der Waals surface area contributed by atoms with Crippen molar-refractivity contribution in [2.24, 2.45) is 5.92 Å². The lowest BCUT2D eigenvalue weighted by molar-refractivity contribution is 0.0364. The molecule has 39 heavy (non-hydrogen) atoms. The fourth-order valence-corrected chi connectivity index (χ4v) is 4.29. The van der Waals surface area contributed by atoms with E-state index >= 15 is 0 Å². The Labute approximate surface area is 232 Å². The Hall–Kier alpha value is -3.63. The highest BCUT2D eigenvalue weighted by molar-refractivity contribution is 6.30. The van der Waals surface area contributed by atoms with E-state index in [1.807, 2.05) is 20.8 Å². The summed E-state index contributed by atoms with van der Waals surface area (Å²) in [5, 5.41) is 6.87. The topological polar surface area (TPSA) is 117 Å². The Morgan fingerprint density at radius 3 is 2.59 bits per heavy atom. The van der Waals surface area contributed by atoms with Crippen molar-refractivity contribution in [2.45, 2.75) is 51.9 Å². The van der Waals surface area contributed by atoms with Crippen LogP contribution >= 0.6 is 11.6 Å². The first kappa shape index (κ1) is 28.4. The quantitative estimate of drug-likeness (QED) is 0.394. The van der Waals surface area contributed by atoms with Crippen LogP contribution in [0, 0.1) is 5.92 Å². The number of pyridine rings is 3. The lowest BCUT2D eigenvalue weighted by Gasteiger charge is -2.32. The van der Waals surface area contributed by atoms with Gasteiger partial charge in [0.15, 0.2) is 0 Å². The van der Waals surface area contributed by atoms with Crippen molar-refractivity contribution in [1.82, 2.24) is 19.9 Å². The maximum atomic E-state index is 12.7. The predicted molar refractivity (Wildman–Crippen MR) is 149 cm³/mol. The Morgan fingerprint density at radius 1 is 1.15 bits per heavy atom. The number of nitrogens with one attached hydrogen (secondary N) is 2. The van der Waals surface area contributed by atoms with Gasteiger partial charge in [0.1, 0.15) is 23.8 Å². The van der Waals surface area contributed by atoms with Crippen LogP contribution in [-0.4, -0.2) is 52.0 Å². The molecule has 1 aliphatic rings. The molecule has 1 fully saturated rings. The van der Waals surface area contributed by atoms with Crippen molar-refractivity contribution < 1.29 is 19.0 Å². The van der Waals surface area contributed by atoms with Gasteiger partial charge in [-0.15, -0.1) is 0 Å². The van der Waals surface area contributed by atoms with E-state index in [2.05, 4.69) is 20.6 Å². The van der Waals surface area contributed by atoms with Crippen LogP contribution in [0.1, 0.15) is 39.3 Å². The molecular formula is C28H34ClN5O5. The third-order valence-electron chi connectivity index (χ3n) is 6.13. The molecule has 1 amide bonds. The molecule has 0 saturated carbocycles. The van der Waals surface area contributed by atoms with Crippen molar-refractivity contribution in [3.05, 3.63) is 76.1 Å². The lowest BCUT2D eigenvalue weighted by atomic mass is 9.91. The first-order valence-electron chi connectivity index (χ1n) is 12.9. The van der Waals surface area contributed by atoms with Gasteiger partial charge >= 0.3 is 6.09 Å². The number of nitrogens with zero attached hydrogens (tertiary/aromatic N) is 3. The summed E-state index contributed by atoms with van der Waals surface area (Å²) in [7, 11) is 0. The van der Waals surface area contributed by atoms with Gasteiger partial charge in [-0.2, -0.15) is 0 Å². The zero-order valence-electron chi connectivity index (χ0n) is 22.4. The number of anilines is 1. The molecule has 1 aliphatic heterocycles. The summed E-state index contributed by atoms with van der Waals surface area (Å²) in [6.07, 6.45) is 6.07. The molecule has 0 aliphatic carbocycles. The number of halogens is 1. The Bertz CT molecular complexity index is 1290. The Morgan fingerprint density at radius 2 is 1.95 bits per heavy atom. The molecule has 2 N–H and O–H groups in total. The van der Waals surface area contributed by atoms with Crippen LogP contribution in [0.2, 0.25) is 5.02 Å². The average Bonchev–Trinajstić information content (AvgIpc) is 2.91. The molecule has 0 bridgehead atoms. The van der Waals surface area contributed by atoms with Crippen LogP contribution in [0.5, 0.6) is 5.75 Å². The number of aromatic nitrogens is 3. The summed E-state index contributed by atoms with van der Waals surface area (Å²) in [5.41, 5.74) is 0.492. The molecule has 4 rings (SSSR count). The van der Waals surface area contributed by atoms with Gasteiger partial charge in [0.2, 0.25) is 0 Å². The second kappa shape index (κ2) is 12.9. The van der Waals surface area contributed by atoms with E-state index in [1.54, 1.807) is 48.9 Å². The molecule has 0 radical (unpaired) electrons. The standard InChI is InChI=1S/C28H34ClN5O5/c1-28(2,3)39-27(36)33-24(19-9-12-37-13-10-19)17-32-25-7-6-22(16-31-25)34-11-8-23(14-26(34)35)38-18-21-5-4-20(29)15-30-21/h4-8,11,14-16,19,24H,9-10,12-13,17-18H2,1-3H3,(H,31,32)(H,33,36). The minimum atomic E-state index is -0.578. The maximum Gasteiger partial charge on any atom is 0.407 e. The average molecular weight is 556 g/mol. The van der Waals surface area contributed by atoms with E-state index in [-0.39, 0.29) is 24.1 Å². The molecule has 0 spiro atoms. The van der Waals surface area contributed by atoms with Crippen molar-refractivity contribution in [3.8, 4) is 11.4 Å².